The summed E-state index contributed by atoms with van der Waals surface area (Å²) in [5, 5.41) is 4.01. The van der Waals surface area contributed by atoms with Gasteiger partial charge in [-0.3, -0.25) is 23.4 Å². The Kier molecular flexibility index (Phi) is 7.76. The van der Waals surface area contributed by atoms with Gasteiger partial charge in [-0.25, -0.2) is 26.6 Å². The molecule has 14 heteroatoms. The second kappa shape index (κ2) is 12.1. The second-order valence-electron chi connectivity index (χ2n) is 12.8. The minimum Gasteiger partial charge on any atom is -0.455 e. The Balaban J connectivity index is 1.39. The molecule has 0 radical (unpaired) electrons. The minimum absolute atomic E-state index is 0.175. The summed E-state index contributed by atoms with van der Waals surface area (Å²) in [7, 11) is -0.925. The number of pyridine rings is 1. The predicted molar refractivity (Wildman–Crippen MR) is 190 cm³/mol. The van der Waals surface area contributed by atoms with E-state index < -0.39 is 33.7 Å². The van der Waals surface area contributed by atoms with Crippen molar-refractivity contribution >= 4 is 59.9 Å². The molecular weight excluding hydrogens is 682 g/mol. The van der Waals surface area contributed by atoms with Gasteiger partial charge in [0.25, 0.3) is 5.91 Å². The van der Waals surface area contributed by atoms with Crippen LogP contribution in [0.4, 0.5) is 18.9 Å². The largest absolute Gasteiger partial charge is 0.455 e. The number of sulfonamides is 1. The fourth-order valence-electron chi connectivity index (χ4n) is 6.92. The van der Waals surface area contributed by atoms with Crippen molar-refractivity contribution in [2.75, 3.05) is 37.7 Å². The van der Waals surface area contributed by atoms with Crippen LogP contribution in [-0.2, 0) is 16.6 Å². The lowest BCUT2D eigenvalue weighted by molar-refractivity contribution is 0.0964. The van der Waals surface area contributed by atoms with Gasteiger partial charge in [0.15, 0.2) is 0 Å². The standard InChI is InChI=1S/C37H31F3N6O4S/c1-41-37(47)35-26-13-24(31(44(2)51(3,48)49)16-33(26)50-36(35)20-7-9-21(38)10-8-20)28-14-25-29(17-42-28)43-34(19-45-12-11-22(39)18-45)46-30-6-4-5-27(40)23(30)15-32(25)46/h4-10,13-17,22H,11-12,18-19H2,1-3H3,(H,41,47)/t22-/m1/s1. The number of anilines is 1. The van der Waals surface area contributed by atoms with Crippen molar-refractivity contribution in [2.24, 2.45) is 0 Å². The van der Waals surface area contributed by atoms with E-state index in [0.29, 0.717) is 74.9 Å². The maximum atomic E-state index is 15.2. The summed E-state index contributed by atoms with van der Waals surface area (Å²) in [5.74, 6) is -0.555. The molecule has 0 saturated carbocycles. The lowest BCUT2D eigenvalue weighted by Gasteiger charge is -2.21. The van der Waals surface area contributed by atoms with Crippen LogP contribution in [0.15, 0.2) is 77.3 Å². The van der Waals surface area contributed by atoms with Crippen LogP contribution in [-0.4, -0.2) is 73.2 Å². The molecule has 1 aliphatic rings. The zero-order valence-electron chi connectivity index (χ0n) is 27.7. The van der Waals surface area contributed by atoms with E-state index in [0.717, 1.165) is 10.6 Å². The molecule has 1 aliphatic heterocycles. The summed E-state index contributed by atoms with van der Waals surface area (Å²) >= 11 is 0. The van der Waals surface area contributed by atoms with Crippen molar-refractivity contribution in [3.8, 4) is 22.6 Å². The number of carbonyl (C=O) groups is 1. The van der Waals surface area contributed by atoms with Gasteiger partial charge >= 0.3 is 0 Å². The van der Waals surface area contributed by atoms with Gasteiger partial charge < -0.3 is 9.73 Å². The molecular formula is C37H31F3N6O4S. The molecule has 260 valence electrons. The highest BCUT2D eigenvalue weighted by molar-refractivity contribution is 7.92. The summed E-state index contributed by atoms with van der Waals surface area (Å²) in [6.07, 6.45) is 2.14. The van der Waals surface area contributed by atoms with E-state index in [4.69, 9.17) is 14.4 Å². The Labute approximate surface area is 290 Å². The molecule has 51 heavy (non-hydrogen) atoms. The van der Waals surface area contributed by atoms with Crippen LogP contribution in [0, 0.1) is 11.6 Å². The summed E-state index contributed by atoms with van der Waals surface area (Å²) < 4.78 is 78.2. The molecule has 5 heterocycles. The predicted octanol–water partition coefficient (Wildman–Crippen LogP) is 6.69. The second-order valence-corrected chi connectivity index (χ2v) is 14.8. The van der Waals surface area contributed by atoms with Crippen molar-refractivity contribution in [1.82, 2.24) is 24.6 Å². The van der Waals surface area contributed by atoms with Crippen LogP contribution < -0.4 is 9.62 Å². The summed E-state index contributed by atoms with van der Waals surface area (Å²) in [6.45, 7) is 1.19. The number of nitrogens with zero attached hydrogens (tertiary/aromatic N) is 5. The molecule has 1 atom stereocenters. The van der Waals surface area contributed by atoms with E-state index in [9.17, 15) is 22.0 Å². The third kappa shape index (κ3) is 5.54. The quantitative estimate of drug-likeness (QED) is 0.196. The number of carbonyl (C=O) groups excluding carboxylic acids is 1. The first kappa shape index (κ1) is 32.7. The zero-order valence-corrected chi connectivity index (χ0v) is 28.6. The molecule has 1 amide bonds. The fraction of sp³-hybridized carbons (Fsp3) is 0.216. The minimum atomic E-state index is -3.80. The highest BCUT2D eigenvalue weighted by Crippen LogP contribution is 2.42. The number of rotatable bonds is 7. The molecule has 1 N–H and O–H groups in total. The van der Waals surface area contributed by atoms with Crippen LogP contribution in [0.25, 0.3) is 60.9 Å². The van der Waals surface area contributed by atoms with E-state index in [1.165, 1.54) is 50.5 Å². The molecule has 10 nitrogen and oxygen atoms in total. The Morgan fingerprint density at radius 2 is 1.82 bits per heavy atom. The molecule has 4 aromatic heterocycles. The molecule has 0 spiro atoms. The van der Waals surface area contributed by atoms with Gasteiger partial charge in [0, 0.05) is 60.5 Å². The Bertz CT molecular complexity index is 2660. The first-order valence-corrected chi connectivity index (χ1v) is 18.0. The van der Waals surface area contributed by atoms with Crippen LogP contribution in [0.3, 0.4) is 0 Å². The first-order chi connectivity index (χ1) is 24.4. The van der Waals surface area contributed by atoms with Crippen LogP contribution in [0.2, 0.25) is 0 Å². The molecule has 1 fully saturated rings. The highest BCUT2D eigenvalue weighted by Gasteiger charge is 2.28. The molecule has 3 aromatic carbocycles. The molecule has 7 aromatic rings. The molecule has 8 rings (SSSR count). The van der Waals surface area contributed by atoms with Gasteiger partial charge in [-0.1, -0.05) is 6.07 Å². The molecule has 0 bridgehead atoms. The summed E-state index contributed by atoms with van der Waals surface area (Å²) in [5.41, 5.74) is 3.54. The molecule has 0 unspecified atom stereocenters. The van der Waals surface area contributed by atoms with Crippen molar-refractivity contribution in [1.29, 1.82) is 0 Å². The number of fused-ring (bicyclic) bond motifs is 6. The first-order valence-electron chi connectivity index (χ1n) is 16.2. The number of amides is 1. The Morgan fingerprint density at radius 1 is 1.04 bits per heavy atom. The van der Waals surface area contributed by atoms with Crippen molar-refractivity contribution in [3.63, 3.8) is 0 Å². The van der Waals surface area contributed by atoms with Gasteiger partial charge in [-0.2, -0.15) is 0 Å². The maximum absolute atomic E-state index is 15.2. The molecule has 0 aliphatic carbocycles. The number of alkyl halides is 1. The van der Waals surface area contributed by atoms with E-state index in [2.05, 4.69) is 5.32 Å². The number of aromatic nitrogens is 3. The Morgan fingerprint density at radius 3 is 2.53 bits per heavy atom. The molecule has 1 saturated heterocycles. The van der Waals surface area contributed by atoms with E-state index in [-0.39, 0.29) is 29.1 Å². The number of hydrogen-bond acceptors (Lipinski definition) is 7. The van der Waals surface area contributed by atoms with Gasteiger partial charge in [-0.05, 0) is 61.0 Å². The average Bonchev–Trinajstić information content (AvgIpc) is 3.82. The van der Waals surface area contributed by atoms with Gasteiger partial charge in [-0.15, -0.1) is 0 Å². The summed E-state index contributed by atoms with van der Waals surface area (Å²) in [6, 6.07) is 17.0. The van der Waals surface area contributed by atoms with E-state index in [1.807, 2.05) is 9.30 Å². The SMILES string of the molecule is CNC(=O)c1c(-c2ccc(F)cc2)oc2cc(N(C)S(C)(=O)=O)c(-c3cc4c(cn3)nc(CN3CC[C@@H](F)C3)n3c5cccc(F)c5cc43)cc12. The lowest BCUT2D eigenvalue weighted by atomic mass is 10.00. The number of benzene rings is 3. The van der Waals surface area contributed by atoms with Crippen molar-refractivity contribution < 1.29 is 30.8 Å². The number of furan rings is 1. The number of likely N-dealkylation sites (tertiary alicyclic amines) is 1. The number of hydrogen-bond donors (Lipinski definition) is 1. The lowest BCUT2D eigenvalue weighted by Crippen LogP contribution is -2.25. The summed E-state index contributed by atoms with van der Waals surface area (Å²) in [4.78, 5) is 25.0. The third-order valence-electron chi connectivity index (χ3n) is 9.52. The maximum Gasteiger partial charge on any atom is 0.255 e. The highest BCUT2D eigenvalue weighted by atomic mass is 32.2. The van der Waals surface area contributed by atoms with Gasteiger partial charge in [0.05, 0.1) is 52.5 Å². The number of nitrogens with one attached hydrogen (secondary N) is 1. The van der Waals surface area contributed by atoms with Crippen molar-refractivity contribution in [2.45, 2.75) is 19.1 Å². The Hall–Kier alpha value is -5.47. The topological polar surface area (TPSA) is 113 Å². The van der Waals surface area contributed by atoms with Crippen LogP contribution in [0.1, 0.15) is 22.6 Å². The van der Waals surface area contributed by atoms with Gasteiger partial charge in [0.2, 0.25) is 10.0 Å². The number of halogens is 3. The van der Waals surface area contributed by atoms with E-state index in [1.54, 1.807) is 36.5 Å². The smallest absolute Gasteiger partial charge is 0.255 e. The van der Waals surface area contributed by atoms with E-state index >= 15 is 4.39 Å². The van der Waals surface area contributed by atoms with Crippen LogP contribution >= 0.6 is 0 Å². The zero-order chi connectivity index (χ0) is 35.8. The third-order valence-corrected chi connectivity index (χ3v) is 10.7. The average molecular weight is 713 g/mol. The van der Waals surface area contributed by atoms with Gasteiger partial charge in [0.1, 0.15) is 35.0 Å². The normalized spacial score (nSPS) is 15.5. The van der Waals surface area contributed by atoms with Crippen molar-refractivity contribution in [3.05, 3.63) is 95.9 Å². The monoisotopic (exact) mass is 712 g/mol. The fourth-order valence-corrected chi connectivity index (χ4v) is 7.42. The van der Waals surface area contributed by atoms with Crippen LogP contribution in [0.5, 0.6) is 0 Å².